The second kappa shape index (κ2) is 8.30. The third kappa shape index (κ3) is 4.58. The van der Waals surface area contributed by atoms with Crippen LogP contribution in [0.5, 0.6) is 0 Å². The van der Waals surface area contributed by atoms with Crippen molar-refractivity contribution < 1.29 is 4.74 Å². The Morgan fingerprint density at radius 1 is 1.09 bits per heavy atom. The van der Waals surface area contributed by atoms with Gasteiger partial charge in [-0.25, -0.2) is 0 Å². The number of ether oxygens (including phenoxy) is 1. The van der Waals surface area contributed by atoms with Gasteiger partial charge < -0.3 is 10.5 Å². The van der Waals surface area contributed by atoms with Crippen molar-refractivity contribution in [1.82, 2.24) is 0 Å². The molecule has 1 aromatic rings. The fourth-order valence-electron chi connectivity index (χ4n) is 4.53. The van der Waals surface area contributed by atoms with Gasteiger partial charge in [0.2, 0.25) is 0 Å². The lowest BCUT2D eigenvalue weighted by atomic mass is 9.80. The molecular formula is C21H33NO. The fourth-order valence-corrected chi connectivity index (χ4v) is 4.53. The van der Waals surface area contributed by atoms with Crippen LogP contribution in [-0.4, -0.2) is 19.8 Å². The molecule has 2 nitrogen and oxygen atoms in total. The summed E-state index contributed by atoms with van der Waals surface area (Å²) in [5, 5.41) is 0. The highest BCUT2D eigenvalue weighted by atomic mass is 16.5. The molecule has 0 saturated heterocycles. The second-order valence-corrected chi connectivity index (χ2v) is 7.75. The SMILES string of the molecule is COCCCCCC1CCc2cc(C3CCC(N)C3)ccc2C1. The number of aryl methyl sites for hydroxylation is 1. The molecule has 0 amide bonds. The number of benzene rings is 1. The number of hydrogen-bond donors (Lipinski definition) is 1. The maximum absolute atomic E-state index is 6.09. The minimum absolute atomic E-state index is 0.429. The Morgan fingerprint density at radius 3 is 2.78 bits per heavy atom. The third-order valence-electron chi connectivity index (χ3n) is 5.97. The Balaban J connectivity index is 1.51. The van der Waals surface area contributed by atoms with E-state index in [4.69, 9.17) is 10.5 Å². The van der Waals surface area contributed by atoms with Gasteiger partial charge in [-0.1, -0.05) is 37.5 Å². The smallest absolute Gasteiger partial charge is 0.0462 e. The predicted molar refractivity (Wildman–Crippen MR) is 96.9 cm³/mol. The van der Waals surface area contributed by atoms with Crippen molar-refractivity contribution in [2.24, 2.45) is 11.7 Å². The van der Waals surface area contributed by atoms with Crippen LogP contribution in [0.15, 0.2) is 18.2 Å². The summed E-state index contributed by atoms with van der Waals surface area (Å²) < 4.78 is 5.13. The molecule has 2 aliphatic rings. The summed E-state index contributed by atoms with van der Waals surface area (Å²) in [6.07, 6.45) is 12.9. The second-order valence-electron chi connectivity index (χ2n) is 7.75. The molecule has 2 N–H and O–H groups in total. The zero-order chi connectivity index (χ0) is 16.1. The van der Waals surface area contributed by atoms with E-state index in [-0.39, 0.29) is 0 Å². The summed E-state index contributed by atoms with van der Waals surface area (Å²) in [5.41, 5.74) is 10.9. The Hall–Kier alpha value is -0.860. The maximum atomic E-state index is 6.09. The van der Waals surface area contributed by atoms with Crippen LogP contribution in [0, 0.1) is 5.92 Å². The first kappa shape index (κ1) is 17.0. The molecule has 0 aromatic heterocycles. The predicted octanol–water partition coefficient (Wildman–Crippen LogP) is 4.59. The van der Waals surface area contributed by atoms with Crippen LogP contribution in [0.3, 0.4) is 0 Å². The van der Waals surface area contributed by atoms with Gasteiger partial charge in [-0.05, 0) is 73.5 Å². The van der Waals surface area contributed by atoms with Crippen LogP contribution < -0.4 is 5.73 Å². The number of unbranched alkanes of at least 4 members (excludes halogenated alkanes) is 2. The minimum atomic E-state index is 0.429. The van der Waals surface area contributed by atoms with Gasteiger partial charge in [-0.15, -0.1) is 0 Å². The Kier molecular flexibility index (Phi) is 6.13. The number of methoxy groups -OCH3 is 1. The molecule has 1 fully saturated rings. The molecule has 3 rings (SSSR count). The van der Waals surface area contributed by atoms with Gasteiger partial charge in [-0.2, -0.15) is 0 Å². The molecule has 0 bridgehead atoms. The summed E-state index contributed by atoms with van der Waals surface area (Å²) in [5.74, 6) is 1.62. The van der Waals surface area contributed by atoms with Gasteiger partial charge in [0.1, 0.15) is 0 Å². The monoisotopic (exact) mass is 315 g/mol. The zero-order valence-corrected chi connectivity index (χ0v) is 14.7. The lowest BCUT2D eigenvalue weighted by Crippen LogP contribution is -2.16. The van der Waals surface area contributed by atoms with Crippen molar-refractivity contribution in [2.75, 3.05) is 13.7 Å². The van der Waals surface area contributed by atoms with E-state index in [1.807, 2.05) is 0 Å². The lowest BCUT2D eigenvalue weighted by Gasteiger charge is -2.26. The van der Waals surface area contributed by atoms with E-state index in [0.29, 0.717) is 12.0 Å². The van der Waals surface area contributed by atoms with Crippen molar-refractivity contribution in [3.63, 3.8) is 0 Å². The first-order chi connectivity index (χ1) is 11.3. The molecule has 0 radical (unpaired) electrons. The van der Waals surface area contributed by atoms with Crippen molar-refractivity contribution in [1.29, 1.82) is 0 Å². The molecular weight excluding hydrogens is 282 g/mol. The van der Waals surface area contributed by atoms with Crippen LogP contribution in [0.1, 0.15) is 74.0 Å². The molecule has 2 heteroatoms. The van der Waals surface area contributed by atoms with Gasteiger partial charge in [0.25, 0.3) is 0 Å². The summed E-state index contributed by atoms with van der Waals surface area (Å²) in [6, 6.07) is 7.75. The van der Waals surface area contributed by atoms with E-state index >= 15 is 0 Å². The van der Waals surface area contributed by atoms with E-state index in [2.05, 4.69) is 18.2 Å². The van der Waals surface area contributed by atoms with E-state index in [1.54, 1.807) is 23.8 Å². The summed E-state index contributed by atoms with van der Waals surface area (Å²) in [4.78, 5) is 0. The molecule has 3 atom stereocenters. The lowest BCUT2D eigenvalue weighted by molar-refractivity contribution is 0.191. The Labute approximate surface area is 141 Å². The maximum Gasteiger partial charge on any atom is 0.0462 e. The van der Waals surface area contributed by atoms with Crippen LogP contribution in [0.25, 0.3) is 0 Å². The van der Waals surface area contributed by atoms with Gasteiger partial charge >= 0.3 is 0 Å². The first-order valence-electron chi connectivity index (χ1n) is 9.62. The number of nitrogens with two attached hydrogens (primary N) is 1. The number of fused-ring (bicyclic) bond motifs is 1. The molecule has 0 aliphatic heterocycles. The van der Waals surface area contributed by atoms with Crippen LogP contribution >= 0.6 is 0 Å². The normalized spacial score (nSPS) is 27.1. The van der Waals surface area contributed by atoms with Gasteiger partial charge in [0.15, 0.2) is 0 Å². The van der Waals surface area contributed by atoms with Crippen LogP contribution in [0.2, 0.25) is 0 Å². The molecule has 3 unspecified atom stereocenters. The highest BCUT2D eigenvalue weighted by Crippen LogP contribution is 2.36. The molecule has 23 heavy (non-hydrogen) atoms. The van der Waals surface area contributed by atoms with Gasteiger partial charge in [0, 0.05) is 19.8 Å². The molecule has 1 saturated carbocycles. The van der Waals surface area contributed by atoms with Crippen LogP contribution in [0.4, 0.5) is 0 Å². The third-order valence-corrected chi connectivity index (χ3v) is 5.97. The van der Waals surface area contributed by atoms with Crippen molar-refractivity contribution in [2.45, 2.75) is 76.2 Å². The highest BCUT2D eigenvalue weighted by Gasteiger charge is 2.25. The first-order valence-corrected chi connectivity index (χ1v) is 9.62. The Morgan fingerprint density at radius 2 is 2.00 bits per heavy atom. The van der Waals surface area contributed by atoms with E-state index in [1.165, 1.54) is 64.2 Å². The minimum Gasteiger partial charge on any atom is -0.385 e. The standard InChI is InChI=1S/C21H33NO/c1-23-12-4-2-3-5-16-6-7-18-14-19(9-8-17(18)13-16)20-10-11-21(22)15-20/h8-9,14,16,20-21H,2-7,10-13,15,22H2,1H3. The summed E-state index contributed by atoms with van der Waals surface area (Å²) >= 11 is 0. The van der Waals surface area contributed by atoms with E-state index in [0.717, 1.165) is 12.5 Å². The zero-order valence-electron chi connectivity index (χ0n) is 14.7. The highest BCUT2D eigenvalue weighted by molar-refractivity contribution is 5.36. The average Bonchev–Trinajstić information content (AvgIpc) is 3.00. The van der Waals surface area contributed by atoms with Crippen molar-refractivity contribution in [3.8, 4) is 0 Å². The van der Waals surface area contributed by atoms with Gasteiger partial charge in [-0.3, -0.25) is 0 Å². The fraction of sp³-hybridized carbons (Fsp3) is 0.714. The van der Waals surface area contributed by atoms with Crippen molar-refractivity contribution in [3.05, 3.63) is 34.9 Å². The molecule has 2 aliphatic carbocycles. The molecule has 1 aromatic carbocycles. The average molecular weight is 316 g/mol. The molecule has 0 heterocycles. The quantitative estimate of drug-likeness (QED) is 0.747. The van der Waals surface area contributed by atoms with Crippen LogP contribution in [-0.2, 0) is 17.6 Å². The Bertz CT molecular complexity index is 499. The largest absolute Gasteiger partial charge is 0.385 e. The topological polar surface area (TPSA) is 35.2 Å². The van der Waals surface area contributed by atoms with E-state index in [9.17, 15) is 0 Å². The molecule has 0 spiro atoms. The molecule has 128 valence electrons. The summed E-state index contributed by atoms with van der Waals surface area (Å²) in [6.45, 7) is 0.918. The van der Waals surface area contributed by atoms with Crippen molar-refractivity contribution >= 4 is 0 Å². The van der Waals surface area contributed by atoms with E-state index < -0.39 is 0 Å². The van der Waals surface area contributed by atoms with Gasteiger partial charge in [0.05, 0.1) is 0 Å². The number of rotatable bonds is 7. The number of hydrogen-bond acceptors (Lipinski definition) is 2. The summed E-state index contributed by atoms with van der Waals surface area (Å²) in [7, 11) is 1.80.